The number of hydrogen-bond acceptors (Lipinski definition) is 3. The van der Waals surface area contributed by atoms with Gasteiger partial charge < -0.3 is 10.6 Å². The molecule has 1 aromatic carbocycles. The molecule has 1 aromatic heterocycles. The van der Waals surface area contributed by atoms with Gasteiger partial charge in [-0.3, -0.25) is 14.6 Å². The molecule has 0 aliphatic heterocycles. The summed E-state index contributed by atoms with van der Waals surface area (Å²) in [6.45, 7) is 0.967. The van der Waals surface area contributed by atoms with Crippen LogP contribution in [0.5, 0.6) is 0 Å². The second kappa shape index (κ2) is 10.0. The fraction of sp³-hybridized carbons (Fsp3) is 0.318. The Bertz CT molecular complexity index is 862. The van der Waals surface area contributed by atoms with Crippen molar-refractivity contribution in [3.8, 4) is 0 Å². The second-order valence-electron chi connectivity index (χ2n) is 6.85. The van der Waals surface area contributed by atoms with E-state index in [1.54, 1.807) is 18.2 Å². The number of benzene rings is 1. The van der Waals surface area contributed by atoms with Gasteiger partial charge in [-0.2, -0.15) is 0 Å². The number of aromatic nitrogens is 1. The van der Waals surface area contributed by atoms with E-state index in [-0.39, 0.29) is 17.5 Å². The van der Waals surface area contributed by atoms with E-state index in [0.717, 1.165) is 24.8 Å². The molecule has 1 aliphatic carbocycles. The third-order valence-corrected chi connectivity index (χ3v) is 4.99. The molecule has 3 rings (SSSR count). The maximum Gasteiger partial charge on any atom is 0.269 e. The molecule has 2 amide bonds. The lowest BCUT2D eigenvalue weighted by Gasteiger charge is -2.13. The molecule has 2 N–H and O–H groups in total. The minimum absolute atomic E-state index is 0.247. The van der Waals surface area contributed by atoms with Crippen molar-refractivity contribution in [2.45, 2.75) is 38.6 Å². The van der Waals surface area contributed by atoms with Crippen molar-refractivity contribution in [3.63, 3.8) is 0 Å². The zero-order valence-electron chi connectivity index (χ0n) is 15.7. The number of rotatable bonds is 7. The van der Waals surface area contributed by atoms with E-state index in [2.05, 4.69) is 21.7 Å². The van der Waals surface area contributed by atoms with Gasteiger partial charge in [-0.25, -0.2) is 0 Å². The summed E-state index contributed by atoms with van der Waals surface area (Å²) in [5.74, 6) is -0.512. The van der Waals surface area contributed by atoms with Crippen LogP contribution in [0.25, 0.3) is 0 Å². The molecular formula is C22H24ClN3O2. The van der Waals surface area contributed by atoms with Gasteiger partial charge in [0.1, 0.15) is 5.69 Å². The minimum atomic E-state index is -0.260. The number of halogens is 1. The molecule has 5 nitrogen and oxygen atoms in total. The summed E-state index contributed by atoms with van der Waals surface area (Å²) >= 11 is 5.86. The third kappa shape index (κ3) is 5.92. The van der Waals surface area contributed by atoms with Gasteiger partial charge in [-0.1, -0.05) is 35.4 Å². The molecular weight excluding hydrogens is 374 g/mol. The molecule has 28 heavy (non-hydrogen) atoms. The number of carbonyl (C=O) groups excluding carboxylic acids is 2. The number of pyridine rings is 1. The SMILES string of the molecule is O=C(NCc1ccc(Cl)cc1)c1ccnc(C(=O)NCCC2=CCCCC2)c1. The Labute approximate surface area is 170 Å². The molecule has 0 bridgehead atoms. The highest BCUT2D eigenvalue weighted by molar-refractivity contribution is 6.30. The van der Waals surface area contributed by atoms with Crippen LogP contribution in [0.4, 0.5) is 0 Å². The monoisotopic (exact) mass is 397 g/mol. The highest BCUT2D eigenvalue weighted by Crippen LogP contribution is 2.19. The van der Waals surface area contributed by atoms with Crippen LogP contribution in [0.15, 0.2) is 54.2 Å². The zero-order valence-corrected chi connectivity index (χ0v) is 16.5. The molecule has 0 radical (unpaired) electrons. The number of carbonyl (C=O) groups is 2. The Morgan fingerprint density at radius 3 is 2.61 bits per heavy atom. The van der Waals surface area contributed by atoms with Crippen LogP contribution in [0, 0.1) is 0 Å². The van der Waals surface area contributed by atoms with E-state index < -0.39 is 0 Å². The van der Waals surface area contributed by atoms with Gasteiger partial charge >= 0.3 is 0 Å². The lowest BCUT2D eigenvalue weighted by molar-refractivity contribution is 0.0949. The molecule has 0 unspecified atom stereocenters. The fourth-order valence-corrected chi connectivity index (χ4v) is 3.27. The zero-order chi connectivity index (χ0) is 19.8. The van der Waals surface area contributed by atoms with Crippen LogP contribution in [0.3, 0.4) is 0 Å². The summed E-state index contributed by atoms with van der Waals surface area (Å²) in [6, 6.07) is 10.4. The predicted molar refractivity (Wildman–Crippen MR) is 110 cm³/mol. The van der Waals surface area contributed by atoms with Gasteiger partial charge in [0.05, 0.1) is 0 Å². The lowest BCUT2D eigenvalue weighted by atomic mass is 9.97. The van der Waals surface area contributed by atoms with Crippen LogP contribution in [-0.4, -0.2) is 23.3 Å². The summed E-state index contributed by atoms with van der Waals surface area (Å²) in [7, 11) is 0. The minimum Gasteiger partial charge on any atom is -0.350 e. The summed E-state index contributed by atoms with van der Waals surface area (Å²) in [5, 5.41) is 6.38. The molecule has 6 heteroatoms. The van der Waals surface area contributed by atoms with Crippen molar-refractivity contribution >= 4 is 23.4 Å². The highest BCUT2D eigenvalue weighted by Gasteiger charge is 2.12. The number of nitrogens with zero attached hydrogens (tertiary/aromatic N) is 1. The molecule has 2 aromatic rings. The molecule has 1 heterocycles. The molecule has 1 aliphatic rings. The van der Waals surface area contributed by atoms with E-state index in [9.17, 15) is 9.59 Å². The second-order valence-corrected chi connectivity index (χ2v) is 7.29. The molecule has 146 valence electrons. The molecule has 0 fully saturated rings. The standard InChI is InChI=1S/C22H24ClN3O2/c23-19-8-6-17(7-9-19)15-26-21(27)18-11-13-24-20(14-18)22(28)25-12-10-16-4-2-1-3-5-16/h4,6-9,11,13-14H,1-3,5,10,12,15H2,(H,25,28)(H,26,27). The predicted octanol–water partition coefficient (Wildman–Crippen LogP) is 4.29. The third-order valence-electron chi connectivity index (χ3n) is 4.74. The van der Waals surface area contributed by atoms with Crippen LogP contribution >= 0.6 is 11.6 Å². The van der Waals surface area contributed by atoms with E-state index in [4.69, 9.17) is 11.6 Å². The van der Waals surface area contributed by atoms with Crippen molar-refractivity contribution in [3.05, 3.63) is 76.1 Å². The van der Waals surface area contributed by atoms with Crippen LogP contribution in [0.1, 0.15) is 58.5 Å². The van der Waals surface area contributed by atoms with E-state index in [0.29, 0.717) is 23.7 Å². The average molecular weight is 398 g/mol. The van der Waals surface area contributed by atoms with Crippen LogP contribution in [0.2, 0.25) is 5.02 Å². The summed E-state index contributed by atoms with van der Waals surface area (Å²) < 4.78 is 0. The highest BCUT2D eigenvalue weighted by atomic mass is 35.5. The maximum absolute atomic E-state index is 12.4. The van der Waals surface area contributed by atoms with Gasteiger partial charge in [-0.05, 0) is 61.9 Å². The number of hydrogen-bond donors (Lipinski definition) is 2. The Kier molecular flexibility index (Phi) is 7.20. The fourth-order valence-electron chi connectivity index (χ4n) is 3.14. The molecule has 0 saturated heterocycles. The summed E-state index contributed by atoms with van der Waals surface area (Å²) in [4.78, 5) is 28.8. The van der Waals surface area contributed by atoms with Gasteiger partial charge in [-0.15, -0.1) is 0 Å². The largest absolute Gasteiger partial charge is 0.350 e. The van der Waals surface area contributed by atoms with Gasteiger partial charge in [0.15, 0.2) is 0 Å². The normalized spacial score (nSPS) is 13.5. The Morgan fingerprint density at radius 2 is 1.86 bits per heavy atom. The van der Waals surface area contributed by atoms with Crippen molar-refractivity contribution < 1.29 is 9.59 Å². The number of amides is 2. The Hall–Kier alpha value is -2.66. The molecule has 0 spiro atoms. The van der Waals surface area contributed by atoms with Crippen molar-refractivity contribution in [2.75, 3.05) is 6.54 Å². The van der Waals surface area contributed by atoms with Crippen LogP contribution < -0.4 is 10.6 Å². The van der Waals surface area contributed by atoms with E-state index in [1.165, 1.54) is 30.7 Å². The van der Waals surface area contributed by atoms with E-state index in [1.807, 2.05) is 12.1 Å². The number of nitrogens with one attached hydrogen (secondary N) is 2. The average Bonchev–Trinajstić information content (AvgIpc) is 2.74. The first-order chi connectivity index (χ1) is 13.6. The first-order valence-electron chi connectivity index (χ1n) is 9.56. The maximum atomic E-state index is 12.4. The molecule has 0 atom stereocenters. The number of allylic oxidation sites excluding steroid dienone is 1. The quantitative estimate of drug-likeness (QED) is 0.685. The summed E-state index contributed by atoms with van der Waals surface area (Å²) in [5.41, 5.74) is 3.01. The first-order valence-corrected chi connectivity index (χ1v) is 9.94. The van der Waals surface area contributed by atoms with Gasteiger partial charge in [0.25, 0.3) is 11.8 Å². The van der Waals surface area contributed by atoms with Crippen LogP contribution in [-0.2, 0) is 6.54 Å². The Morgan fingerprint density at radius 1 is 1.04 bits per heavy atom. The lowest BCUT2D eigenvalue weighted by Crippen LogP contribution is -2.27. The van der Waals surface area contributed by atoms with Crippen molar-refractivity contribution in [1.82, 2.24) is 15.6 Å². The van der Waals surface area contributed by atoms with E-state index >= 15 is 0 Å². The first kappa shape index (κ1) is 20.1. The van der Waals surface area contributed by atoms with Crippen molar-refractivity contribution in [1.29, 1.82) is 0 Å². The Balaban J connectivity index is 1.51. The van der Waals surface area contributed by atoms with Gasteiger partial charge in [0, 0.05) is 29.9 Å². The molecule has 0 saturated carbocycles. The van der Waals surface area contributed by atoms with Gasteiger partial charge in [0.2, 0.25) is 0 Å². The smallest absolute Gasteiger partial charge is 0.269 e. The topological polar surface area (TPSA) is 71.1 Å². The summed E-state index contributed by atoms with van der Waals surface area (Å²) in [6.07, 6.45) is 9.37. The van der Waals surface area contributed by atoms with Crippen molar-refractivity contribution in [2.24, 2.45) is 0 Å².